The molecule has 3 aromatic rings. The van der Waals surface area contributed by atoms with E-state index >= 15 is 0 Å². The molecule has 0 N–H and O–H groups in total. The molecule has 3 rings (SSSR count). The number of carbonyl (C=O) groups excluding carboxylic acids is 1. The Kier molecular flexibility index (Phi) is 7.09. The third-order valence-electron chi connectivity index (χ3n) is 4.72. The lowest BCUT2D eigenvalue weighted by Crippen LogP contribution is -2.36. The van der Waals surface area contributed by atoms with Crippen LogP contribution in [0.4, 0.5) is 5.69 Å². The topological polar surface area (TPSA) is 51.0 Å². The van der Waals surface area contributed by atoms with Gasteiger partial charge in [-0.3, -0.25) is 4.79 Å². The number of benzene rings is 2. The Morgan fingerprint density at radius 2 is 1.86 bits per heavy atom. The molecule has 0 fully saturated rings. The van der Waals surface area contributed by atoms with Crippen LogP contribution in [0, 0.1) is 6.92 Å². The summed E-state index contributed by atoms with van der Waals surface area (Å²) >= 11 is 1.47. The molecule has 1 unspecified atom stereocenters. The van der Waals surface area contributed by atoms with Crippen molar-refractivity contribution in [1.82, 2.24) is 14.8 Å². The molecule has 1 aromatic heterocycles. The van der Waals surface area contributed by atoms with Gasteiger partial charge < -0.3 is 9.47 Å². The number of hydrogen-bond donors (Lipinski definition) is 0. The molecule has 0 bridgehead atoms. The highest BCUT2D eigenvalue weighted by atomic mass is 32.2. The lowest BCUT2D eigenvalue weighted by Gasteiger charge is -2.24. The standard InChI is InChI=1S/C23H28N4OS/c1-5-15-27-21(19-12-10-11-17(3)16-19)24-25-23(27)29-18(4)22(28)26(6-2)20-13-8-7-9-14-20/h7-14,16,18H,5-6,15H2,1-4H3. The van der Waals surface area contributed by atoms with E-state index in [0.29, 0.717) is 6.54 Å². The maximum Gasteiger partial charge on any atom is 0.240 e. The van der Waals surface area contributed by atoms with Gasteiger partial charge in [0.2, 0.25) is 5.91 Å². The average molecular weight is 409 g/mol. The lowest BCUT2D eigenvalue weighted by atomic mass is 10.1. The van der Waals surface area contributed by atoms with Crippen molar-refractivity contribution < 1.29 is 4.79 Å². The minimum Gasteiger partial charge on any atom is -0.312 e. The summed E-state index contributed by atoms with van der Waals surface area (Å²) in [4.78, 5) is 14.9. The van der Waals surface area contributed by atoms with Crippen LogP contribution in [0.2, 0.25) is 0 Å². The smallest absolute Gasteiger partial charge is 0.240 e. The van der Waals surface area contributed by atoms with Gasteiger partial charge in [0.1, 0.15) is 0 Å². The number of anilines is 1. The number of amides is 1. The molecule has 29 heavy (non-hydrogen) atoms. The SMILES string of the molecule is CCCn1c(SC(C)C(=O)N(CC)c2ccccc2)nnc1-c1cccc(C)c1. The van der Waals surface area contributed by atoms with Crippen LogP contribution in [0.5, 0.6) is 0 Å². The number of hydrogen-bond acceptors (Lipinski definition) is 4. The number of aromatic nitrogens is 3. The first-order valence-electron chi connectivity index (χ1n) is 10.1. The van der Waals surface area contributed by atoms with Gasteiger partial charge in [-0.1, -0.05) is 60.6 Å². The Morgan fingerprint density at radius 3 is 2.52 bits per heavy atom. The molecule has 0 saturated carbocycles. The number of rotatable bonds is 8. The van der Waals surface area contributed by atoms with Crippen molar-refractivity contribution in [2.75, 3.05) is 11.4 Å². The fraction of sp³-hybridized carbons (Fsp3) is 0.348. The summed E-state index contributed by atoms with van der Waals surface area (Å²) in [6, 6.07) is 18.1. The van der Waals surface area contributed by atoms with Gasteiger partial charge in [0.15, 0.2) is 11.0 Å². The van der Waals surface area contributed by atoms with Crippen LogP contribution in [0.15, 0.2) is 59.8 Å². The van der Waals surface area contributed by atoms with E-state index in [1.165, 1.54) is 17.3 Å². The van der Waals surface area contributed by atoms with Gasteiger partial charge >= 0.3 is 0 Å². The van der Waals surface area contributed by atoms with Crippen LogP contribution in [-0.2, 0) is 11.3 Å². The zero-order chi connectivity index (χ0) is 20.8. The number of para-hydroxylation sites is 1. The van der Waals surface area contributed by atoms with Gasteiger partial charge in [-0.2, -0.15) is 0 Å². The Hall–Kier alpha value is -2.60. The summed E-state index contributed by atoms with van der Waals surface area (Å²) in [5.41, 5.74) is 3.16. The quantitative estimate of drug-likeness (QED) is 0.481. The van der Waals surface area contributed by atoms with Crippen molar-refractivity contribution in [1.29, 1.82) is 0 Å². The van der Waals surface area contributed by atoms with Gasteiger partial charge in [-0.15, -0.1) is 10.2 Å². The molecule has 6 heteroatoms. The zero-order valence-corrected chi connectivity index (χ0v) is 18.3. The predicted molar refractivity (Wildman–Crippen MR) is 120 cm³/mol. The molecule has 0 aliphatic rings. The van der Waals surface area contributed by atoms with Gasteiger partial charge in [0.25, 0.3) is 0 Å². The summed E-state index contributed by atoms with van der Waals surface area (Å²) in [7, 11) is 0. The molecular formula is C23H28N4OS. The van der Waals surface area contributed by atoms with Gasteiger partial charge in [0, 0.05) is 24.3 Å². The van der Waals surface area contributed by atoms with E-state index in [0.717, 1.165) is 35.2 Å². The van der Waals surface area contributed by atoms with E-state index in [-0.39, 0.29) is 11.2 Å². The first kappa shape index (κ1) is 21.1. The van der Waals surface area contributed by atoms with E-state index in [9.17, 15) is 4.79 Å². The van der Waals surface area contributed by atoms with E-state index in [1.807, 2.05) is 55.1 Å². The van der Waals surface area contributed by atoms with Crippen LogP contribution in [-0.4, -0.2) is 32.5 Å². The molecule has 5 nitrogen and oxygen atoms in total. The highest BCUT2D eigenvalue weighted by molar-refractivity contribution is 8.00. The van der Waals surface area contributed by atoms with Crippen molar-refractivity contribution >= 4 is 23.4 Å². The maximum atomic E-state index is 13.1. The Labute approximate surface area is 177 Å². The van der Waals surface area contributed by atoms with Crippen LogP contribution < -0.4 is 4.90 Å². The molecule has 0 aliphatic heterocycles. The number of aryl methyl sites for hydroxylation is 1. The number of nitrogens with zero attached hydrogens (tertiary/aromatic N) is 4. The third kappa shape index (κ3) is 4.88. The van der Waals surface area contributed by atoms with Crippen LogP contribution >= 0.6 is 11.8 Å². The fourth-order valence-electron chi connectivity index (χ4n) is 3.30. The molecular weight excluding hydrogens is 380 g/mol. The monoisotopic (exact) mass is 408 g/mol. The van der Waals surface area contributed by atoms with Crippen molar-refractivity contribution in [3.8, 4) is 11.4 Å². The molecule has 1 amide bonds. The van der Waals surface area contributed by atoms with Crippen LogP contribution in [0.3, 0.4) is 0 Å². The van der Waals surface area contributed by atoms with E-state index < -0.39 is 0 Å². The highest BCUT2D eigenvalue weighted by Gasteiger charge is 2.25. The van der Waals surface area contributed by atoms with Gasteiger partial charge in [-0.25, -0.2) is 0 Å². The Balaban J connectivity index is 1.84. The molecule has 0 aliphatic carbocycles. The van der Waals surface area contributed by atoms with E-state index in [2.05, 4.69) is 46.8 Å². The predicted octanol–water partition coefficient (Wildman–Crippen LogP) is 5.20. The second kappa shape index (κ2) is 9.74. The van der Waals surface area contributed by atoms with Crippen LogP contribution in [0.25, 0.3) is 11.4 Å². The summed E-state index contributed by atoms with van der Waals surface area (Å²) < 4.78 is 2.13. The Bertz CT molecular complexity index is 955. The van der Waals surface area contributed by atoms with Crippen molar-refractivity contribution in [2.24, 2.45) is 0 Å². The molecule has 1 heterocycles. The van der Waals surface area contributed by atoms with Crippen molar-refractivity contribution in [2.45, 2.75) is 51.1 Å². The highest BCUT2D eigenvalue weighted by Crippen LogP contribution is 2.29. The first-order valence-corrected chi connectivity index (χ1v) is 11.0. The molecule has 1 atom stereocenters. The molecule has 152 valence electrons. The Morgan fingerprint density at radius 1 is 1.10 bits per heavy atom. The molecule has 2 aromatic carbocycles. The number of carbonyl (C=O) groups is 1. The minimum atomic E-state index is -0.264. The number of thioether (sulfide) groups is 1. The van der Waals surface area contributed by atoms with Gasteiger partial charge in [0.05, 0.1) is 5.25 Å². The molecule has 0 spiro atoms. The zero-order valence-electron chi connectivity index (χ0n) is 17.5. The van der Waals surface area contributed by atoms with Crippen molar-refractivity contribution in [3.05, 3.63) is 60.2 Å². The molecule has 0 saturated heterocycles. The van der Waals surface area contributed by atoms with Crippen molar-refractivity contribution in [3.63, 3.8) is 0 Å². The summed E-state index contributed by atoms with van der Waals surface area (Å²) in [6.45, 7) is 9.59. The lowest BCUT2D eigenvalue weighted by molar-refractivity contribution is -0.117. The average Bonchev–Trinajstić information content (AvgIpc) is 3.12. The van der Waals surface area contributed by atoms with E-state index in [1.54, 1.807) is 0 Å². The summed E-state index contributed by atoms with van der Waals surface area (Å²) in [5.74, 6) is 0.931. The summed E-state index contributed by atoms with van der Waals surface area (Å²) in [6.07, 6.45) is 0.970. The first-order chi connectivity index (χ1) is 14.0. The summed E-state index contributed by atoms with van der Waals surface area (Å²) in [5, 5.41) is 9.40. The van der Waals surface area contributed by atoms with Crippen LogP contribution in [0.1, 0.15) is 32.8 Å². The fourth-order valence-corrected chi connectivity index (χ4v) is 4.24. The second-order valence-corrected chi connectivity index (χ2v) is 8.31. The van der Waals surface area contributed by atoms with E-state index in [4.69, 9.17) is 0 Å². The third-order valence-corrected chi connectivity index (χ3v) is 5.79. The maximum absolute atomic E-state index is 13.1. The largest absolute Gasteiger partial charge is 0.312 e. The minimum absolute atomic E-state index is 0.0758. The van der Waals surface area contributed by atoms with Gasteiger partial charge in [-0.05, 0) is 45.4 Å². The second-order valence-electron chi connectivity index (χ2n) is 7.01. The molecule has 0 radical (unpaired) electrons. The normalized spacial score (nSPS) is 12.0.